The molecular weight excluding hydrogens is 1330 g/mol. The van der Waals surface area contributed by atoms with Crippen molar-refractivity contribution < 1.29 is 80.2 Å². The Kier molecular flexibility index (Phi) is 70.6. The molecular formula is C83H162O17P2. The smallest absolute Gasteiger partial charge is 0.462 e. The molecule has 3 N–H and O–H groups in total. The van der Waals surface area contributed by atoms with E-state index in [-0.39, 0.29) is 25.7 Å². The number of phosphoric ester groups is 2. The molecule has 0 radical (unpaired) electrons. The molecule has 0 aromatic rings. The molecule has 0 bridgehead atoms. The van der Waals surface area contributed by atoms with Gasteiger partial charge in [0.1, 0.15) is 19.3 Å². The molecule has 0 aliphatic rings. The van der Waals surface area contributed by atoms with Crippen LogP contribution in [0.1, 0.15) is 428 Å². The maximum atomic E-state index is 13.1. The van der Waals surface area contributed by atoms with Crippen LogP contribution in [-0.2, 0) is 65.4 Å². The van der Waals surface area contributed by atoms with E-state index in [0.29, 0.717) is 31.6 Å². The monoisotopic (exact) mass is 1490 g/mol. The number of hydrogen-bond donors (Lipinski definition) is 3. The van der Waals surface area contributed by atoms with Crippen molar-refractivity contribution in [1.82, 2.24) is 0 Å². The third kappa shape index (κ3) is 74.9. The van der Waals surface area contributed by atoms with Crippen LogP contribution in [0.25, 0.3) is 0 Å². The minimum absolute atomic E-state index is 0.106. The number of carbonyl (C=O) groups is 4. The van der Waals surface area contributed by atoms with E-state index in [2.05, 4.69) is 55.4 Å². The van der Waals surface area contributed by atoms with Crippen molar-refractivity contribution in [3.8, 4) is 0 Å². The number of phosphoric acid groups is 2. The zero-order valence-electron chi connectivity index (χ0n) is 67.2. The SMILES string of the molecule is CCC(C)CCCCCCCCCCCCCCCCC(=O)O[C@H](COC(=O)CCCCCCCCCCCCCCCCCC(C)C)COP(=O)(O)OCC(O)COP(=O)(O)OC[C@@H](COC(=O)CCCCCCCCCC(C)C)OC(=O)CCCCCCCCCCCCCCCC(C)C. The second kappa shape index (κ2) is 72.0. The lowest BCUT2D eigenvalue weighted by Gasteiger charge is -2.21. The summed E-state index contributed by atoms with van der Waals surface area (Å²) in [6.45, 7) is 14.3. The normalized spacial score (nSPS) is 14.3. The maximum absolute atomic E-state index is 13.1. The summed E-state index contributed by atoms with van der Waals surface area (Å²) < 4.78 is 68.8. The molecule has 17 nitrogen and oxygen atoms in total. The topological polar surface area (TPSA) is 237 Å². The Hall–Kier alpha value is -1.94. The molecule has 0 aliphatic heterocycles. The summed E-state index contributed by atoms with van der Waals surface area (Å²) in [6.07, 6.45) is 59.6. The Bertz CT molecular complexity index is 1990. The zero-order chi connectivity index (χ0) is 75.3. The molecule has 102 heavy (non-hydrogen) atoms. The molecule has 19 heteroatoms. The van der Waals surface area contributed by atoms with E-state index in [1.165, 1.54) is 225 Å². The lowest BCUT2D eigenvalue weighted by atomic mass is 9.99. The Morgan fingerprint density at radius 1 is 0.275 bits per heavy atom. The Morgan fingerprint density at radius 3 is 0.696 bits per heavy atom. The zero-order valence-corrected chi connectivity index (χ0v) is 69.0. The molecule has 0 aliphatic carbocycles. The lowest BCUT2D eigenvalue weighted by Crippen LogP contribution is -2.30. The van der Waals surface area contributed by atoms with Crippen LogP contribution < -0.4 is 0 Å². The number of esters is 4. The number of aliphatic hydroxyl groups excluding tert-OH is 1. The third-order valence-electron chi connectivity index (χ3n) is 19.7. The maximum Gasteiger partial charge on any atom is 0.472 e. The first kappa shape index (κ1) is 100. The van der Waals surface area contributed by atoms with Crippen LogP contribution in [-0.4, -0.2) is 96.7 Å². The van der Waals surface area contributed by atoms with Gasteiger partial charge in [-0.05, 0) is 49.4 Å². The van der Waals surface area contributed by atoms with Crippen molar-refractivity contribution in [1.29, 1.82) is 0 Å². The summed E-state index contributed by atoms with van der Waals surface area (Å²) in [5.41, 5.74) is 0. The van der Waals surface area contributed by atoms with Crippen molar-refractivity contribution in [3.63, 3.8) is 0 Å². The van der Waals surface area contributed by atoms with Gasteiger partial charge in [0.2, 0.25) is 0 Å². The predicted octanol–water partition coefficient (Wildman–Crippen LogP) is 24.8. The minimum Gasteiger partial charge on any atom is -0.462 e. The molecule has 0 aromatic carbocycles. The van der Waals surface area contributed by atoms with Gasteiger partial charge in [0.15, 0.2) is 12.2 Å². The fraction of sp³-hybridized carbons (Fsp3) is 0.952. The highest BCUT2D eigenvalue weighted by atomic mass is 31.2. The average molecular weight is 1490 g/mol. The first-order valence-corrected chi connectivity index (χ1v) is 45.7. The van der Waals surface area contributed by atoms with Gasteiger partial charge in [-0.3, -0.25) is 37.3 Å². The Labute approximate surface area is 626 Å². The Balaban J connectivity index is 5.25. The molecule has 6 atom stereocenters. The van der Waals surface area contributed by atoms with Gasteiger partial charge in [-0.15, -0.1) is 0 Å². The molecule has 0 heterocycles. The molecule has 4 unspecified atom stereocenters. The van der Waals surface area contributed by atoms with E-state index in [1.54, 1.807) is 0 Å². The number of unbranched alkanes of at least 4 members (excludes halogenated alkanes) is 45. The lowest BCUT2D eigenvalue weighted by molar-refractivity contribution is -0.161. The van der Waals surface area contributed by atoms with E-state index < -0.39 is 97.5 Å². The first-order chi connectivity index (χ1) is 49.1. The average Bonchev–Trinajstić information content (AvgIpc) is 0.926. The quantitative estimate of drug-likeness (QED) is 0.0222. The molecule has 0 saturated carbocycles. The van der Waals surface area contributed by atoms with Gasteiger partial charge >= 0.3 is 39.5 Å². The van der Waals surface area contributed by atoms with Crippen LogP contribution in [0.4, 0.5) is 0 Å². The van der Waals surface area contributed by atoms with Gasteiger partial charge in [-0.2, -0.15) is 0 Å². The van der Waals surface area contributed by atoms with Gasteiger partial charge < -0.3 is 33.8 Å². The fourth-order valence-electron chi connectivity index (χ4n) is 12.8. The van der Waals surface area contributed by atoms with Crippen molar-refractivity contribution in [3.05, 3.63) is 0 Å². The molecule has 0 amide bonds. The van der Waals surface area contributed by atoms with Crippen molar-refractivity contribution >= 4 is 39.5 Å². The van der Waals surface area contributed by atoms with Crippen LogP contribution >= 0.6 is 15.6 Å². The molecule has 0 spiro atoms. The first-order valence-electron chi connectivity index (χ1n) is 42.7. The molecule has 606 valence electrons. The molecule has 0 aromatic heterocycles. The van der Waals surface area contributed by atoms with Gasteiger partial charge in [-0.1, -0.05) is 376 Å². The summed E-state index contributed by atoms with van der Waals surface area (Å²) >= 11 is 0. The summed E-state index contributed by atoms with van der Waals surface area (Å²) in [5, 5.41) is 10.7. The number of ether oxygens (including phenoxy) is 4. The second-order valence-corrected chi connectivity index (χ2v) is 34.4. The molecule has 0 fully saturated rings. The van der Waals surface area contributed by atoms with Crippen molar-refractivity contribution in [2.45, 2.75) is 446 Å². The number of carbonyl (C=O) groups excluding carboxylic acids is 4. The van der Waals surface area contributed by atoms with Gasteiger partial charge in [0.05, 0.1) is 26.4 Å². The third-order valence-corrected chi connectivity index (χ3v) is 21.6. The summed E-state index contributed by atoms with van der Waals surface area (Å²) in [7, 11) is -9.93. The van der Waals surface area contributed by atoms with Gasteiger partial charge in [0.25, 0.3) is 0 Å². The Morgan fingerprint density at radius 2 is 0.471 bits per heavy atom. The minimum atomic E-state index is -4.96. The standard InChI is InChI=1S/C83H162O17P2/c1-9-76(8)62-54-46-38-30-24-18-13-14-20-26-32-40-49-57-65-82(87)99-78(69-93-80(85)63-55-47-39-31-25-19-12-10-11-16-22-28-35-43-51-59-73(2)3)71-97-101(89,90)95-67-77(84)68-96-102(91,92)98-72-79(70-94-81(86)64-56-48-42-34-37-45-53-61-75(6)7)100-83(88)66-58-50-41-33-27-21-15-17-23-29-36-44-52-60-74(4)5/h73-79,84H,9-72H2,1-8H3,(H,89,90)(H,91,92)/t76?,77?,78-,79-/m1/s1. The largest absolute Gasteiger partial charge is 0.472 e. The van der Waals surface area contributed by atoms with Crippen LogP contribution in [0.5, 0.6) is 0 Å². The highest BCUT2D eigenvalue weighted by Gasteiger charge is 2.30. The van der Waals surface area contributed by atoms with Crippen LogP contribution in [0, 0.1) is 23.7 Å². The van der Waals surface area contributed by atoms with E-state index in [9.17, 15) is 43.2 Å². The van der Waals surface area contributed by atoms with E-state index in [4.69, 9.17) is 37.0 Å². The van der Waals surface area contributed by atoms with Crippen LogP contribution in [0.2, 0.25) is 0 Å². The van der Waals surface area contributed by atoms with Crippen LogP contribution in [0.3, 0.4) is 0 Å². The van der Waals surface area contributed by atoms with E-state index in [0.717, 1.165) is 114 Å². The molecule has 0 saturated heterocycles. The van der Waals surface area contributed by atoms with Crippen molar-refractivity contribution in [2.24, 2.45) is 23.7 Å². The second-order valence-electron chi connectivity index (χ2n) is 31.5. The van der Waals surface area contributed by atoms with Gasteiger partial charge in [-0.25, -0.2) is 9.13 Å². The van der Waals surface area contributed by atoms with Crippen LogP contribution in [0.15, 0.2) is 0 Å². The fourth-order valence-corrected chi connectivity index (χ4v) is 14.3. The van der Waals surface area contributed by atoms with Gasteiger partial charge in [0, 0.05) is 25.7 Å². The van der Waals surface area contributed by atoms with E-state index in [1.807, 2.05) is 0 Å². The number of aliphatic hydroxyl groups is 1. The summed E-state index contributed by atoms with van der Waals surface area (Å²) in [5.74, 6) is 1.03. The number of hydrogen-bond acceptors (Lipinski definition) is 15. The predicted molar refractivity (Wildman–Crippen MR) is 418 cm³/mol. The number of rotatable bonds is 80. The van der Waals surface area contributed by atoms with E-state index >= 15 is 0 Å². The summed E-state index contributed by atoms with van der Waals surface area (Å²) in [4.78, 5) is 73.1. The highest BCUT2D eigenvalue weighted by molar-refractivity contribution is 7.47. The molecule has 0 rings (SSSR count). The highest BCUT2D eigenvalue weighted by Crippen LogP contribution is 2.45. The summed E-state index contributed by atoms with van der Waals surface area (Å²) in [6, 6.07) is 0. The van der Waals surface area contributed by atoms with Crippen molar-refractivity contribution in [2.75, 3.05) is 39.6 Å².